The second kappa shape index (κ2) is 7.04. The van der Waals surface area contributed by atoms with Crippen LogP contribution in [0.5, 0.6) is 0 Å². The van der Waals surface area contributed by atoms with E-state index in [1.165, 1.54) is 12.4 Å². The van der Waals surface area contributed by atoms with Crippen molar-refractivity contribution in [1.29, 1.82) is 0 Å². The summed E-state index contributed by atoms with van der Waals surface area (Å²) in [5, 5.41) is 8.25. The zero-order valence-electron chi connectivity index (χ0n) is 10.4. The van der Waals surface area contributed by atoms with Gasteiger partial charge in [-0.25, -0.2) is 18.0 Å². The first-order valence-electron chi connectivity index (χ1n) is 5.41. The smallest absolute Gasteiger partial charge is 0.338 e. The molecule has 1 heterocycles. The molecule has 1 aromatic heterocycles. The third-order valence-electron chi connectivity index (χ3n) is 2.23. The van der Waals surface area contributed by atoms with Gasteiger partial charge in [0.1, 0.15) is 0 Å². The van der Waals surface area contributed by atoms with E-state index in [0.717, 1.165) is 0 Å². The number of carboxylic acid groups (broad SMARTS) is 1. The molecule has 8 heteroatoms. The van der Waals surface area contributed by atoms with Crippen LogP contribution in [-0.2, 0) is 0 Å². The molecule has 0 aliphatic heterocycles. The van der Waals surface area contributed by atoms with Gasteiger partial charge in [-0.05, 0) is 24.3 Å². The average Bonchev–Trinajstić information content (AvgIpc) is 2.46. The van der Waals surface area contributed by atoms with Crippen LogP contribution in [0.4, 0.5) is 13.2 Å². The van der Waals surface area contributed by atoms with Crippen molar-refractivity contribution in [3.05, 3.63) is 65.2 Å². The summed E-state index contributed by atoms with van der Waals surface area (Å²) in [6.45, 7) is 0. The number of pyridine rings is 1. The van der Waals surface area contributed by atoms with Gasteiger partial charge in [-0.1, -0.05) is 0 Å². The van der Waals surface area contributed by atoms with Crippen LogP contribution in [0.1, 0.15) is 20.7 Å². The van der Waals surface area contributed by atoms with Crippen molar-refractivity contribution < 1.29 is 27.9 Å². The fourth-order valence-corrected chi connectivity index (χ4v) is 1.21. The Morgan fingerprint density at radius 2 is 1.57 bits per heavy atom. The lowest BCUT2D eigenvalue weighted by Gasteiger charge is -1.98. The molecule has 0 radical (unpaired) electrons. The SMILES string of the molecule is NC(=O)c1ccncc1.O=C(O)c1ccc(F)c(F)c1F. The maximum atomic E-state index is 12.5. The van der Waals surface area contributed by atoms with Crippen molar-refractivity contribution >= 4 is 11.9 Å². The van der Waals surface area contributed by atoms with E-state index in [2.05, 4.69) is 4.98 Å². The van der Waals surface area contributed by atoms with Crippen LogP contribution < -0.4 is 5.73 Å². The zero-order valence-corrected chi connectivity index (χ0v) is 10.4. The molecule has 2 rings (SSSR count). The monoisotopic (exact) mass is 298 g/mol. The van der Waals surface area contributed by atoms with Crippen molar-refractivity contribution in [2.45, 2.75) is 0 Å². The number of aromatic nitrogens is 1. The number of carbonyl (C=O) groups excluding carboxylic acids is 1. The van der Waals surface area contributed by atoms with Crippen LogP contribution in [0.25, 0.3) is 0 Å². The topological polar surface area (TPSA) is 93.3 Å². The van der Waals surface area contributed by atoms with Gasteiger partial charge in [0, 0.05) is 18.0 Å². The molecule has 0 spiro atoms. The second-order valence-electron chi connectivity index (χ2n) is 3.63. The van der Waals surface area contributed by atoms with E-state index in [4.69, 9.17) is 10.8 Å². The largest absolute Gasteiger partial charge is 0.478 e. The number of benzene rings is 1. The molecule has 0 aliphatic carbocycles. The molecule has 1 aromatic carbocycles. The minimum atomic E-state index is -1.77. The van der Waals surface area contributed by atoms with Gasteiger partial charge in [-0.15, -0.1) is 0 Å². The molecular formula is C13H9F3N2O3. The Morgan fingerprint density at radius 3 is 2.00 bits per heavy atom. The molecule has 2 aromatic rings. The van der Waals surface area contributed by atoms with E-state index >= 15 is 0 Å². The van der Waals surface area contributed by atoms with E-state index in [1.54, 1.807) is 12.1 Å². The van der Waals surface area contributed by atoms with Gasteiger partial charge in [-0.3, -0.25) is 9.78 Å². The van der Waals surface area contributed by atoms with E-state index in [1.807, 2.05) is 0 Å². The van der Waals surface area contributed by atoms with E-state index in [0.29, 0.717) is 17.7 Å². The number of hydrogen-bond acceptors (Lipinski definition) is 3. The van der Waals surface area contributed by atoms with Crippen LogP contribution in [0.15, 0.2) is 36.7 Å². The fourth-order valence-electron chi connectivity index (χ4n) is 1.21. The highest BCUT2D eigenvalue weighted by molar-refractivity contribution is 5.92. The molecule has 0 atom stereocenters. The highest BCUT2D eigenvalue weighted by Crippen LogP contribution is 2.14. The highest BCUT2D eigenvalue weighted by Gasteiger charge is 2.17. The molecule has 3 N–H and O–H groups in total. The Morgan fingerprint density at radius 1 is 1.00 bits per heavy atom. The molecule has 0 saturated carbocycles. The number of carboxylic acids is 1. The van der Waals surface area contributed by atoms with Crippen molar-refractivity contribution in [2.24, 2.45) is 5.73 Å². The number of hydrogen-bond donors (Lipinski definition) is 2. The van der Waals surface area contributed by atoms with Gasteiger partial charge in [-0.2, -0.15) is 0 Å². The molecular weight excluding hydrogens is 289 g/mol. The van der Waals surface area contributed by atoms with Crippen molar-refractivity contribution in [3.8, 4) is 0 Å². The van der Waals surface area contributed by atoms with Gasteiger partial charge in [0.05, 0.1) is 5.56 Å². The third-order valence-corrected chi connectivity index (χ3v) is 2.23. The number of amides is 1. The first-order chi connectivity index (χ1) is 9.84. The highest BCUT2D eigenvalue weighted by atomic mass is 19.2. The third kappa shape index (κ3) is 4.30. The van der Waals surface area contributed by atoms with Crippen LogP contribution >= 0.6 is 0 Å². The summed E-state index contributed by atoms with van der Waals surface area (Å²) in [7, 11) is 0. The Kier molecular flexibility index (Phi) is 5.41. The minimum Gasteiger partial charge on any atom is -0.478 e. The maximum Gasteiger partial charge on any atom is 0.338 e. The fraction of sp³-hybridized carbons (Fsp3) is 0. The quantitative estimate of drug-likeness (QED) is 0.829. The van der Waals surface area contributed by atoms with Gasteiger partial charge in [0.25, 0.3) is 0 Å². The lowest BCUT2D eigenvalue weighted by atomic mass is 10.2. The van der Waals surface area contributed by atoms with Crippen LogP contribution in [0.3, 0.4) is 0 Å². The molecule has 0 aliphatic rings. The summed E-state index contributed by atoms with van der Waals surface area (Å²) in [6, 6.07) is 4.36. The summed E-state index contributed by atoms with van der Waals surface area (Å²) in [5.74, 6) is -6.90. The number of nitrogens with zero attached hydrogens (tertiary/aromatic N) is 1. The zero-order chi connectivity index (χ0) is 16.0. The van der Waals surface area contributed by atoms with Gasteiger partial charge >= 0.3 is 5.97 Å². The molecule has 0 unspecified atom stereocenters. The van der Waals surface area contributed by atoms with Gasteiger partial charge in [0.15, 0.2) is 17.5 Å². The molecule has 0 bridgehead atoms. The average molecular weight is 298 g/mol. The minimum absolute atomic E-state index is 0.419. The lowest BCUT2D eigenvalue weighted by Crippen LogP contribution is -2.10. The Bertz CT molecular complexity index is 663. The first kappa shape index (κ1) is 16.2. The first-order valence-corrected chi connectivity index (χ1v) is 5.41. The van der Waals surface area contributed by atoms with Crippen LogP contribution in [-0.4, -0.2) is 22.0 Å². The summed E-state index contributed by atoms with van der Waals surface area (Å²) in [4.78, 5) is 24.3. The number of aromatic carboxylic acids is 1. The predicted molar refractivity (Wildman–Crippen MR) is 66.0 cm³/mol. The van der Waals surface area contributed by atoms with E-state index in [9.17, 15) is 22.8 Å². The summed E-state index contributed by atoms with van der Waals surface area (Å²) >= 11 is 0. The van der Waals surface area contributed by atoms with Crippen molar-refractivity contribution in [1.82, 2.24) is 4.98 Å². The molecule has 21 heavy (non-hydrogen) atoms. The molecule has 1 amide bonds. The molecule has 0 fully saturated rings. The van der Waals surface area contributed by atoms with Gasteiger partial charge in [0.2, 0.25) is 5.91 Å². The standard InChI is InChI=1S/C7H3F3O2.C6H6N2O/c8-4-2-1-3(7(11)12)5(9)6(4)10;7-6(9)5-1-3-8-4-2-5/h1-2H,(H,11,12);1-4H,(H2,7,9). The van der Waals surface area contributed by atoms with E-state index < -0.39 is 34.9 Å². The normalized spacial score (nSPS) is 9.48. The second-order valence-corrected chi connectivity index (χ2v) is 3.63. The Hall–Kier alpha value is -2.90. The summed E-state index contributed by atoms with van der Waals surface area (Å²) in [5.41, 5.74) is 4.56. The summed E-state index contributed by atoms with van der Waals surface area (Å²) < 4.78 is 37.1. The number of halogens is 3. The molecule has 5 nitrogen and oxygen atoms in total. The number of carbonyl (C=O) groups is 2. The summed E-state index contributed by atoms with van der Waals surface area (Å²) in [6.07, 6.45) is 3.06. The van der Waals surface area contributed by atoms with Crippen molar-refractivity contribution in [2.75, 3.05) is 0 Å². The predicted octanol–water partition coefficient (Wildman–Crippen LogP) is 1.98. The Balaban J connectivity index is 0.000000219. The van der Waals surface area contributed by atoms with Crippen LogP contribution in [0.2, 0.25) is 0 Å². The lowest BCUT2D eigenvalue weighted by molar-refractivity contribution is 0.0690. The maximum absolute atomic E-state index is 12.5. The number of nitrogens with two attached hydrogens (primary N) is 1. The number of primary amides is 1. The van der Waals surface area contributed by atoms with Crippen molar-refractivity contribution in [3.63, 3.8) is 0 Å². The Labute approximate surface area is 116 Å². The number of rotatable bonds is 2. The van der Waals surface area contributed by atoms with E-state index in [-0.39, 0.29) is 0 Å². The van der Waals surface area contributed by atoms with Crippen LogP contribution in [0, 0.1) is 17.5 Å². The van der Waals surface area contributed by atoms with Gasteiger partial charge < -0.3 is 10.8 Å². The molecule has 110 valence electrons. The molecule has 0 saturated heterocycles.